The molecular weight excluding hydrogens is 681 g/mol. The van der Waals surface area contributed by atoms with Crippen LogP contribution < -0.4 is 0 Å². The number of sulfone groups is 1. The molecule has 10 aromatic rings. The van der Waals surface area contributed by atoms with Crippen molar-refractivity contribution in [2.24, 2.45) is 0 Å². The monoisotopic (exact) mass is 710 g/mol. The molecule has 2 heterocycles. The van der Waals surface area contributed by atoms with Gasteiger partial charge in [-0.1, -0.05) is 152 Å². The molecule has 54 heavy (non-hydrogen) atoms. The molecule has 0 N–H and O–H groups in total. The van der Waals surface area contributed by atoms with E-state index in [2.05, 4.69) is 109 Å². The zero-order chi connectivity index (χ0) is 36.0. The van der Waals surface area contributed by atoms with Crippen LogP contribution in [0.2, 0.25) is 0 Å². The maximum Gasteiger partial charge on any atom is 0.211 e. The van der Waals surface area contributed by atoms with Gasteiger partial charge in [0.05, 0.1) is 21.6 Å². The van der Waals surface area contributed by atoms with E-state index in [0.29, 0.717) is 28.1 Å². The third-order valence-corrected chi connectivity index (χ3v) is 12.8. The summed E-state index contributed by atoms with van der Waals surface area (Å²) < 4.78 is 31.8. The number of hydrogen-bond acceptors (Lipinski definition) is 3. The van der Waals surface area contributed by atoms with Gasteiger partial charge in [-0.3, -0.25) is 4.57 Å². The quantitative estimate of drug-likeness (QED) is 0.171. The maximum absolute atomic E-state index is 14.9. The van der Waals surface area contributed by atoms with Crippen molar-refractivity contribution >= 4 is 53.2 Å². The Labute approximate surface area is 312 Å². The SMILES string of the molecule is O=S1(=O)c2c(-c3ccc4c(-c5ccccc5)c5ccccc5c(-c5ccc6ccccc6c5)c4c3)cccc2-n2c(-c3ccccc3)nc3cccc1c32. The summed E-state index contributed by atoms with van der Waals surface area (Å²) in [6.45, 7) is 0. The van der Waals surface area contributed by atoms with E-state index in [4.69, 9.17) is 4.98 Å². The first-order valence-electron chi connectivity index (χ1n) is 18.0. The Morgan fingerprint density at radius 3 is 1.85 bits per heavy atom. The van der Waals surface area contributed by atoms with Crippen LogP contribution in [0.25, 0.3) is 93.8 Å². The standard InChI is InChI=1S/C49H30N2O2S/c52-54(53)44-24-12-22-42-47(44)51(49(50-42)33-16-5-2-6-17-33)43-23-11-21-37(48(43)54)35-27-28-40-41(30-35)46(36-26-25-31-13-7-8-18-34(31)29-36)39-20-10-9-19-38(39)45(40)32-14-3-1-4-15-32/h1-30H. The van der Waals surface area contributed by atoms with Crippen molar-refractivity contribution < 1.29 is 8.42 Å². The number of para-hydroxylation sites is 1. The lowest BCUT2D eigenvalue weighted by Crippen LogP contribution is -2.16. The average Bonchev–Trinajstić information content (AvgIpc) is 3.62. The lowest BCUT2D eigenvalue weighted by Gasteiger charge is -2.24. The van der Waals surface area contributed by atoms with Gasteiger partial charge < -0.3 is 0 Å². The number of nitrogens with zero attached hydrogens (tertiary/aromatic N) is 2. The second-order valence-corrected chi connectivity index (χ2v) is 15.8. The molecule has 1 aliphatic rings. The Bertz CT molecular complexity index is 3280. The van der Waals surface area contributed by atoms with E-state index in [1.165, 1.54) is 16.2 Å². The van der Waals surface area contributed by atoms with Gasteiger partial charge in [-0.25, -0.2) is 13.4 Å². The molecule has 4 nitrogen and oxygen atoms in total. The highest BCUT2D eigenvalue weighted by molar-refractivity contribution is 7.92. The summed E-state index contributed by atoms with van der Waals surface area (Å²) in [5.41, 5.74) is 8.78. The fourth-order valence-corrected chi connectivity index (χ4v) is 10.4. The largest absolute Gasteiger partial charge is 0.290 e. The lowest BCUT2D eigenvalue weighted by molar-refractivity contribution is 0.595. The molecule has 0 saturated carbocycles. The van der Waals surface area contributed by atoms with Crippen LogP contribution in [0.3, 0.4) is 0 Å². The van der Waals surface area contributed by atoms with Gasteiger partial charge >= 0.3 is 0 Å². The van der Waals surface area contributed by atoms with Gasteiger partial charge in [-0.05, 0) is 90.5 Å². The van der Waals surface area contributed by atoms with E-state index in [1.54, 1.807) is 12.1 Å². The van der Waals surface area contributed by atoms with Gasteiger partial charge in [-0.2, -0.15) is 0 Å². The molecule has 11 rings (SSSR count). The van der Waals surface area contributed by atoms with Crippen LogP contribution in [-0.4, -0.2) is 18.0 Å². The van der Waals surface area contributed by atoms with Crippen LogP contribution in [0.1, 0.15) is 0 Å². The summed E-state index contributed by atoms with van der Waals surface area (Å²) in [7, 11) is -3.94. The Balaban J connectivity index is 1.24. The molecule has 0 unspecified atom stereocenters. The van der Waals surface area contributed by atoms with Crippen LogP contribution in [-0.2, 0) is 9.84 Å². The van der Waals surface area contributed by atoms with Crippen LogP contribution in [0.15, 0.2) is 192 Å². The molecule has 9 aromatic carbocycles. The fourth-order valence-electron chi connectivity index (χ4n) is 8.57. The van der Waals surface area contributed by atoms with Gasteiger partial charge in [0, 0.05) is 11.1 Å². The van der Waals surface area contributed by atoms with E-state index < -0.39 is 9.84 Å². The van der Waals surface area contributed by atoms with Crippen molar-refractivity contribution in [2.75, 3.05) is 0 Å². The second-order valence-electron chi connectivity index (χ2n) is 13.9. The summed E-state index contributed by atoms with van der Waals surface area (Å²) in [5.74, 6) is 0.711. The Morgan fingerprint density at radius 1 is 0.444 bits per heavy atom. The van der Waals surface area contributed by atoms with Crippen molar-refractivity contribution in [3.63, 3.8) is 0 Å². The third-order valence-electron chi connectivity index (χ3n) is 10.9. The first kappa shape index (κ1) is 30.8. The molecule has 0 fully saturated rings. The minimum Gasteiger partial charge on any atom is -0.290 e. The molecule has 5 heteroatoms. The third kappa shape index (κ3) is 4.42. The maximum atomic E-state index is 14.9. The summed E-state index contributed by atoms with van der Waals surface area (Å²) in [5, 5.41) is 6.82. The topological polar surface area (TPSA) is 52.0 Å². The molecule has 0 saturated heterocycles. The summed E-state index contributed by atoms with van der Waals surface area (Å²) in [6.07, 6.45) is 0. The summed E-state index contributed by atoms with van der Waals surface area (Å²) in [4.78, 5) is 5.55. The van der Waals surface area contributed by atoms with Gasteiger partial charge in [-0.15, -0.1) is 0 Å². The van der Waals surface area contributed by atoms with E-state index in [-0.39, 0.29) is 9.79 Å². The van der Waals surface area contributed by atoms with Crippen molar-refractivity contribution in [3.05, 3.63) is 182 Å². The van der Waals surface area contributed by atoms with Crippen molar-refractivity contribution in [2.45, 2.75) is 9.79 Å². The van der Waals surface area contributed by atoms with Crippen LogP contribution in [0.4, 0.5) is 0 Å². The minimum absolute atomic E-state index is 0.268. The summed E-state index contributed by atoms with van der Waals surface area (Å²) >= 11 is 0. The normalized spacial score (nSPS) is 13.1. The molecule has 0 aliphatic carbocycles. The second kappa shape index (κ2) is 11.6. The van der Waals surface area contributed by atoms with Crippen molar-refractivity contribution in [1.82, 2.24) is 9.55 Å². The van der Waals surface area contributed by atoms with Gasteiger partial charge in [0.15, 0.2) is 0 Å². The molecule has 0 bridgehead atoms. The first-order valence-corrected chi connectivity index (χ1v) is 19.5. The zero-order valence-electron chi connectivity index (χ0n) is 28.9. The predicted octanol–water partition coefficient (Wildman–Crippen LogP) is 12.3. The van der Waals surface area contributed by atoms with Crippen LogP contribution >= 0.6 is 0 Å². The predicted molar refractivity (Wildman–Crippen MR) is 221 cm³/mol. The van der Waals surface area contributed by atoms with E-state index >= 15 is 0 Å². The fraction of sp³-hybridized carbons (Fsp3) is 0. The van der Waals surface area contributed by atoms with Gasteiger partial charge in [0.25, 0.3) is 0 Å². The molecule has 0 radical (unpaired) electrons. The average molecular weight is 711 g/mol. The highest BCUT2D eigenvalue weighted by Crippen LogP contribution is 2.48. The highest BCUT2D eigenvalue weighted by atomic mass is 32.2. The van der Waals surface area contributed by atoms with E-state index in [9.17, 15) is 8.42 Å². The van der Waals surface area contributed by atoms with Gasteiger partial charge in [0.1, 0.15) is 10.7 Å². The molecule has 254 valence electrons. The molecule has 1 aromatic heterocycles. The Hall–Kier alpha value is -6.82. The minimum atomic E-state index is -3.94. The van der Waals surface area contributed by atoms with E-state index in [1.807, 2.05) is 65.2 Å². The molecule has 0 amide bonds. The van der Waals surface area contributed by atoms with Gasteiger partial charge in [0.2, 0.25) is 9.84 Å². The molecule has 0 spiro atoms. The first-order chi connectivity index (χ1) is 26.6. The molecule has 1 aliphatic heterocycles. The van der Waals surface area contributed by atoms with Crippen molar-refractivity contribution in [3.8, 4) is 50.5 Å². The summed E-state index contributed by atoms with van der Waals surface area (Å²) in [6, 6.07) is 61.9. The van der Waals surface area contributed by atoms with E-state index in [0.717, 1.165) is 49.5 Å². The number of rotatable bonds is 4. The zero-order valence-corrected chi connectivity index (χ0v) is 29.8. The van der Waals surface area contributed by atoms with Crippen LogP contribution in [0.5, 0.6) is 0 Å². The number of fused-ring (bicyclic) bond motifs is 5. The Kier molecular flexibility index (Phi) is 6.61. The van der Waals surface area contributed by atoms with Crippen molar-refractivity contribution in [1.29, 1.82) is 0 Å². The number of aromatic nitrogens is 2. The number of imidazole rings is 1. The lowest BCUT2D eigenvalue weighted by atomic mass is 9.84. The highest BCUT2D eigenvalue weighted by Gasteiger charge is 2.36. The smallest absolute Gasteiger partial charge is 0.211 e. The molecule has 0 atom stereocenters. The molecular formula is C49H30N2O2S. The number of benzene rings is 9. The van der Waals surface area contributed by atoms with Crippen LogP contribution in [0, 0.1) is 0 Å². The number of hydrogen-bond donors (Lipinski definition) is 0. The Morgan fingerprint density at radius 2 is 1.07 bits per heavy atom.